The Bertz CT molecular complexity index is 756. The van der Waals surface area contributed by atoms with E-state index >= 15 is 0 Å². The van der Waals surface area contributed by atoms with Crippen molar-refractivity contribution in [2.75, 3.05) is 17.2 Å². The van der Waals surface area contributed by atoms with Crippen molar-refractivity contribution in [3.8, 4) is 5.75 Å². The number of hydrogen-bond acceptors (Lipinski definition) is 3. The minimum absolute atomic E-state index is 0.0286. The van der Waals surface area contributed by atoms with E-state index in [4.69, 9.17) is 4.74 Å². The fraction of sp³-hybridized carbons (Fsp3) is 0.222. The zero-order valence-corrected chi connectivity index (χ0v) is 12.9. The molecule has 5 nitrogen and oxygen atoms in total. The van der Waals surface area contributed by atoms with E-state index in [9.17, 15) is 9.59 Å². The molecule has 0 fully saturated rings. The van der Waals surface area contributed by atoms with Crippen LogP contribution in [-0.2, 0) is 16.0 Å². The van der Waals surface area contributed by atoms with Gasteiger partial charge in [0.2, 0.25) is 5.91 Å². The molecule has 2 aromatic carbocycles. The SMILES string of the molecule is Cc1ccccc1OCC(=O)Nc1ccc2c(c1)CCC(=O)N2. The maximum Gasteiger partial charge on any atom is 0.262 e. The molecule has 1 aliphatic heterocycles. The fourth-order valence-corrected chi connectivity index (χ4v) is 2.52. The summed E-state index contributed by atoms with van der Waals surface area (Å²) in [5, 5.41) is 5.63. The monoisotopic (exact) mass is 310 g/mol. The highest BCUT2D eigenvalue weighted by atomic mass is 16.5. The highest BCUT2D eigenvalue weighted by Crippen LogP contribution is 2.25. The van der Waals surface area contributed by atoms with Crippen LogP contribution in [0.3, 0.4) is 0 Å². The van der Waals surface area contributed by atoms with Gasteiger partial charge in [-0.1, -0.05) is 18.2 Å². The lowest BCUT2D eigenvalue weighted by Crippen LogP contribution is -2.22. The van der Waals surface area contributed by atoms with Crippen LogP contribution in [0.25, 0.3) is 0 Å². The van der Waals surface area contributed by atoms with Crippen molar-refractivity contribution in [3.05, 3.63) is 53.6 Å². The Labute approximate surface area is 134 Å². The van der Waals surface area contributed by atoms with E-state index in [1.807, 2.05) is 43.3 Å². The van der Waals surface area contributed by atoms with Crippen LogP contribution in [0.15, 0.2) is 42.5 Å². The zero-order chi connectivity index (χ0) is 16.2. The molecule has 2 aromatic rings. The summed E-state index contributed by atoms with van der Waals surface area (Å²) in [7, 11) is 0. The summed E-state index contributed by atoms with van der Waals surface area (Å²) in [4.78, 5) is 23.3. The number of fused-ring (bicyclic) bond motifs is 1. The first kappa shape index (κ1) is 15.1. The summed E-state index contributed by atoms with van der Waals surface area (Å²) < 4.78 is 5.53. The molecule has 0 saturated carbocycles. The quantitative estimate of drug-likeness (QED) is 0.912. The summed E-state index contributed by atoms with van der Waals surface area (Å²) >= 11 is 0. The van der Waals surface area contributed by atoms with Gasteiger partial charge in [0.1, 0.15) is 5.75 Å². The number of rotatable bonds is 4. The summed E-state index contributed by atoms with van der Waals surface area (Å²) in [6.45, 7) is 1.89. The zero-order valence-electron chi connectivity index (χ0n) is 12.9. The van der Waals surface area contributed by atoms with E-state index in [-0.39, 0.29) is 18.4 Å². The van der Waals surface area contributed by atoms with Crippen molar-refractivity contribution in [2.45, 2.75) is 19.8 Å². The number of benzene rings is 2. The molecular weight excluding hydrogens is 292 g/mol. The number of ether oxygens (including phenoxy) is 1. The highest BCUT2D eigenvalue weighted by Gasteiger charge is 2.15. The lowest BCUT2D eigenvalue weighted by Gasteiger charge is -2.17. The number of para-hydroxylation sites is 1. The van der Waals surface area contributed by atoms with Crippen molar-refractivity contribution < 1.29 is 14.3 Å². The van der Waals surface area contributed by atoms with E-state index < -0.39 is 0 Å². The van der Waals surface area contributed by atoms with Gasteiger partial charge in [0.25, 0.3) is 5.91 Å². The first-order valence-corrected chi connectivity index (χ1v) is 7.53. The minimum Gasteiger partial charge on any atom is -0.483 e. The molecule has 0 bridgehead atoms. The molecule has 0 aliphatic carbocycles. The number of aryl methyl sites for hydroxylation is 2. The van der Waals surface area contributed by atoms with Crippen LogP contribution in [0.4, 0.5) is 11.4 Å². The van der Waals surface area contributed by atoms with Gasteiger partial charge in [0.15, 0.2) is 6.61 Å². The molecule has 0 atom stereocenters. The lowest BCUT2D eigenvalue weighted by atomic mass is 10.0. The highest BCUT2D eigenvalue weighted by molar-refractivity contribution is 5.96. The Morgan fingerprint density at radius 3 is 2.87 bits per heavy atom. The summed E-state index contributed by atoms with van der Waals surface area (Å²) in [6, 6.07) is 13.0. The van der Waals surface area contributed by atoms with Crippen LogP contribution in [-0.4, -0.2) is 18.4 Å². The molecule has 2 N–H and O–H groups in total. The van der Waals surface area contributed by atoms with Gasteiger partial charge in [-0.2, -0.15) is 0 Å². The smallest absolute Gasteiger partial charge is 0.262 e. The molecular formula is C18H18N2O3. The molecule has 1 aliphatic rings. The molecule has 0 radical (unpaired) electrons. The molecule has 23 heavy (non-hydrogen) atoms. The molecule has 1 heterocycles. The predicted molar refractivity (Wildman–Crippen MR) is 88.7 cm³/mol. The van der Waals surface area contributed by atoms with Crippen molar-refractivity contribution in [3.63, 3.8) is 0 Å². The number of nitrogens with one attached hydrogen (secondary N) is 2. The summed E-state index contributed by atoms with van der Waals surface area (Å²) in [5.41, 5.74) is 3.54. The number of anilines is 2. The van der Waals surface area contributed by atoms with Gasteiger partial charge < -0.3 is 15.4 Å². The standard InChI is InChI=1S/C18H18N2O3/c1-12-4-2-3-5-16(12)23-11-18(22)19-14-7-8-15-13(10-14)6-9-17(21)20-15/h2-5,7-8,10H,6,9,11H2,1H3,(H,19,22)(H,20,21). The third-order valence-electron chi connectivity index (χ3n) is 3.74. The molecule has 0 saturated heterocycles. The maximum absolute atomic E-state index is 12.0. The minimum atomic E-state index is -0.215. The van der Waals surface area contributed by atoms with Gasteiger partial charge >= 0.3 is 0 Å². The summed E-state index contributed by atoms with van der Waals surface area (Å²) in [6.07, 6.45) is 1.16. The predicted octanol–water partition coefficient (Wildman–Crippen LogP) is 2.90. The van der Waals surface area contributed by atoms with Crippen LogP contribution in [0.2, 0.25) is 0 Å². The van der Waals surface area contributed by atoms with E-state index in [0.717, 1.165) is 16.8 Å². The van der Waals surface area contributed by atoms with Gasteiger partial charge in [0.05, 0.1) is 0 Å². The summed E-state index contributed by atoms with van der Waals surface area (Å²) in [5.74, 6) is 0.518. The molecule has 2 amide bonds. The molecule has 118 valence electrons. The normalized spacial score (nSPS) is 13.0. The second-order valence-electron chi connectivity index (χ2n) is 5.52. The van der Waals surface area contributed by atoms with Crippen molar-refractivity contribution in [1.29, 1.82) is 0 Å². The first-order chi connectivity index (χ1) is 11.1. The van der Waals surface area contributed by atoms with Gasteiger partial charge in [0, 0.05) is 17.8 Å². The van der Waals surface area contributed by atoms with Crippen molar-refractivity contribution in [2.24, 2.45) is 0 Å². The second kappa shape index (κ2) is 6.52. The third-order valence-corrected chi connectivity index (χ3v) is 3.74. The number of amides is 2. The van der Waals surface area contributed by atoms with Gasteiger partial charge in [-0.3, -0.25) is 9.59 Å². The number of carbonyl (C=O) groups is 2. The first-order valence-electron chi connectivity index (χ1n) is 7.53. The molecule has 5 heteroatoms. The van der Waals surface area contributed by atoms with Crippen LogP contribution >= 0.6 is 0 Å². The molecule has 0 aromatic heterocycles. The molecule has 3 rings (SSSR count). The van der Waals surface area contributed by atoms with Crippen LogP contribution in [0.1, 0.15) is 17.5 Å². The van der Waals surface area contributed by atoms with Crippen molar-refractivity contribution >= 4 is 23.2 Å². The van der Waals surface area contributed by atoms with Gasteiger partial charge in [-0.25, -0.2) is 0 Å². The Kier molecular flexibility index (Phi) is 4.28. The van der Waals surface area contributed by atoms with Crippen LogP contribution in [0.5, 0.6) is 5.75 Å². The third kappa shape index (κ3) is 3.69. The van der Waals surface area contributed by atoms with Gasteiger partial charge in [-0.15, -0.1) is 0 Å². The van der Waals surface area contributed by atoms with E-state index in [2.05, 4.69) is 10.6 Å². The average molecular weight is 310 g/mol. The average Bonchev–Trinajstić information content (AvgIpc) is 2.54. The number of carbonyl (C=O) groups excluding carboxylic acids is 2. The van der Waals surface area contributed by atoms with Crippen molar-refractivity contribution in [1.82, 2.24) is 0 Å². The van der Waals surface area contributed by atoms with E-state index in [0.29, 0.717) is 24.3 Å². The molecule has 0 spiro atoms. The van der Waals surface area contributed by atoms with E-state index in [1.165, 1.54) is 0 Å². The Hall–Kier alpha value is -2.82. The Morgan fingerprint density at radius 1 is 1.22 bits per heavy atom. The number of hydrogen-bond donors (Lipinski definition) is 2. The van der Waals surface area contributed by atoms with Crippen LogP contribution in [0, 0.1) is 6.92 Å². The Balaban J connectivity index is 1.60. The van der Waals surface area contributed by atoms with Crippen LogP contribution < -0.4 is 15.4 Å². The largest absolute Gasteiger partial charge is 0.483 e. The second-order valence-corrected chi connectivity index (χ2v) is 5.52. The molecule has 0 unspecified atom stereocenters. The topological polar surface area (TPSA) is 67.4 Å². The van der Waals surface area contributed by atoms with Gasteiger partial charge in [-0.05, 0) is 48.7 Å². The van der Waals surface area contributed by atoms with E-state index in [1.54, 1.807) is 6.07 Å². The maximum atomic E-state index is 12.0. The Morgan fingerprint density at radius 2 is 2.04 bits per heavy atom. The lowest BCUT2D eigenvalue weighted by molar-refractivity contribution is -0.118. The fourth-order valence-electron chi connectivity index (χ4n) is 2.52.